The molecule has 0 aromatic heterocycles. The molecule has 5 nitrogen and oxygen atoms in total. The molecule has 0 bridgehead atoms. The number of benzene rings is 5. The van der Waals surface area contributed by atoms with E-state index in [1.165, 1.54) is 0 Å². The van der Waals surface area contributed by atoms with Crippen molar-refractivity contribution in [3.05, 3.63) is 177 Å². The highest BCUT2D eigenvalue weighted by Crippen LogP contribution is 2.64. The average Bonchev–Trinajstić information content (AvgIpc) is 3.54. The maximum Gasteiger partial charge on any atom is 0.241 e. The van der Waals surface area contributed by atoms with Crippen LogP contribution in [0, 0.1) is 5.92 Å². The van der Waals surface area contributed by atoms with E-state index in [4.69, 9.17) is 23.2 Å². The third kappa shape index (κ3) is 4.49. The van der Waals surface area contributed by atoms with E-state index in [1.807, 2.05) is 102 Å². The summed E-state index contributed by atoms with van der Waals surface area (Å²) in [6.07, 6.45) is 3.84. The molecular weight excluding hydrogens is 627 g/mol. The third-order valence-corrected chi connectivity index (χ3v) is 10.3. The quantitative estimate of drug-likeness (QED) is 0.172. The van der Waals surface area contributed by atoms with E-state index in [1.54, 1.807) is 47.4 Å². The summed E-state index contributed by atoms with van der Waals surface area (Å²) >= 11 is 13.0. The van der Waals surface area contributed by atoms with E-state index in [0.717, 1.165) is 16.7 Å². The number of carbonyl (C=O) groups is 3. The van der Waals surface area contributed by atoms with Gasteiger partial charge < -0.3 is 9.80 Å². The van der Waals surface area contributed by atoms with Crippen LogP contribution in [0.1, 0.15) is 49.0 Å². The Hall–Kier alpha value is -4.97. The summed E-state index contributed by atoms with van der Waals surface area (Å²) in [7, 11) is 0. The summed E-state index contributed by atoms with van der Waals surface area (Å²) in [5.74, 6) is -1.89. The van der Waals surface area contributed by atoms with Gasteiger partial charge in [0, 0.05) is 33.1 Å². The van der Waals surface area contributed by atoms with Crippen LogP contribution in [0.4, 0.5) is 5.69 Å². The molecule has 1 saturated heterocycles. The topological polar surface area (TPSA) is 57.7 Å². The number of hydrogen-bond acceptors (Lipinski definition) is 4. The number of amides is 1. The number of rotatable bonds is 6. The molecule has 0 aliphatic carbocycles. The minimum absolute atomic E-state index is 0.235. The molecule has 0 N–H and O–H groups in total. The molecular formula is C40H28Cl2N2O3. The molecule has 3 aliphatic rings. The summed E-state index contributed by atoms with van der Waals surface area (Å²) < 4.78 is 0. The predicted octanol–water partition coefficient (Wildman–Crippen LogP) is 8.57. The van der Waals surface area contributed by atoms with Crippen LogP contribution in [0.5, 0.6) is 0 Å². The standard InChI is InChI=1S/C40H28Cl2N2O3/c41-29-17-15-28(16-18-29)36(45)34-35(37(46)27-12-5-2-6-13-27)43-22-21-26-11-7-8-14-31(26)38(43)40(34)32-23-30(42)19-20-33(32)44(39(40)47)24-25-9-3-1-4-10-25/h1-23,34-35,38H,24H2/t34-,35-,38?,40-/m0/s1. The lowest BCUT2D eigenvalue weighted by atomic mass is 9.62. The molecule has 47 heavy (non-hydrogen) atoms. The lowest BCUT2D eigenvalue weighted by molar-refractivity contribution is -0.125. The maximum absolute atomic E-state index is 15.6. The lowest BCUT2D eigenvalue weighted by Crippen LogP contribution is -2.51. The van der Waals surface area contributed by atoms with Crippen LogP contribution in [-0.2, 0) is 16.8 Å². The Kier molecular flexibility index (Phi) is 7.12. The van der Waals surface area contributed by atoms with Crippen molar-refractivity contribution in [2.45, 2.75) is 24.0 Å². The van der Waals surface area contributed by atoms with E-state index in [2.05, 4.69) is 0 Å². The van der Waals surface area contributed by atoms with Gasteiger partial charge in [0.05, 0.1) is 18.5 Å². The molecule has 3 aliphatic heterocycles. The van der Waals surface area contributed by atoms with Crippen LogP contribution in [0.3, 0.4) is 0 Å². The highest BCUT2D eigenvalue weighted by atomic mass is 35.5. The largest absolute Gasteiger partial charge is 0.358 e. The van der Waals surface area contributed by atoms with Gasteiger partial charge in [-0.2, -0.15) is 0 Å². The zero-order valence-electron chi connectivity index (χ0n) is 25.1. The number of carbonyl (C=O) groups excluding carboxylic acids is 3. The van der Waals surface area contributed by atoms with Crippen LogP contribution in [-0.4, -0.2) is 28.4 Å². The molecule has 1 unspecified atom stereocenters. The van der Waals surface area contributed by atoms with Gasteiger partial charge in [-0.1, -0.05) is 108 Å². The van der Waals surface area contributed by atoms with Gasteiger partial charge in [-0.15, -0.1) is 0 Å². The summed E-state index contributed by atoms with van der Waals surface area (Å²) in [5, 5.41) is 0.927. The van der Waals surface area contributed by atoms with Gasteiger partial charge in [-0.05, 0) is 70.8 Å². The summed E-state index contributed by atoms with van der Waals surface area (Å²) in [6.45, 7) is 0.291. The van der Waals surface area contributed by atoms with Crippen LogP contribution < -0.4 is 4.90 Å². The number of anilines is 1. The van der Waals surface area contributed by atoms with Gasteiger partial charge in [0.2, 0.25) is 5.91 Å². The number of ketones is 2. The Balaban J connectivity index is 1.44. The Labute approximate surface area is 282 Å². The Bertz CT molecular complexity index is 2080. The van der Waals surface area contributed by atoms with E-state index in [9.17, 15) is 4.79 Å². The molecule has 3 heterocycles. The van der Waals surface area contributed by atoms with Crippen molar-refractivity contribution < 1.29 is 14.4 Å². The smallest absolute Gasteiger partial charge is 0.241 e. The first-order valence-electron chi connectivity index (χ1n) is 15.5. The maximum atomic E-state index is 15.6. The highest BCUT2D eigenvalue weighted by molar-refractivity contribution is 6.31. The lowest BCUT2D eigenvalue weighted by Gasteiger charge is -2.38. The van der Waals surface area contributed by atoms with Crippen molar-refractivity contribution >= 4 is 52.4 Å². The van der Waals surface area contributed by atoms with Crippen molar-refractivity contribution in [2.24, 2.45) is 5.92 Å². The fourth-order valence-electron chi connectivity index (χ4n) is 7.86. The van der Waals surface area contributed by atoms with Gasteiger partial charge in [-0.3, -0.25) is 14.4 Å². The number of halogens is 2. The molecule has 5 aromatic rings. The molecule has 0 saturated carbocycles. The Morgan fingerprint density at radius 3 is 2.09 bits per heavy atom. The number of fused-ring (bicyclic) bond motifs is 6. The van der Waals surface area contributed by atoms with Crippen LogP contribution >= 0.6 is 23.2 Å². The molecule has 5 aromatic carbocycles. The predicted molar refractivity (Wildman–Crippen MR) is 185 cm³/mol. The van der Waals surface area contributed by atoms with Crippen molar-refractivity contribution in [1.82, 2.24) is 4.90 Å². The fourth-order valence-corrected chi connectivity index (χ4v) is 8.16. The van der Waals surface area contributed by atoms with Crippen LogP contribution in [0.15, 0.2) is 134 Å². The molecule has 1 fully saturated rings. The molecule has 1 spiro atoms. The minimum atomic E-state index is -1.50. The average molecular weight is 656 g/mol. The molecule has 0 radical (unpaired) electrons. The van der Waals surface area contributed by atoms with E-state index < -0.39 is 23.4 Å². The SMILES string of the molecule is O=C(c1ccccc1)[C@@H]1[C@@H](C(=O)c2ccc(Cl)cc2)[C@]2(C(=O)N(Cc3ccccc3)c3ccc(Cl)cc32)C2c3ccccc3C=CN21. The molecule has 4 atom stereocenters. The number of hydrogen-bond donors (Lipinski definition) is 0. The highest BCUT2D eigenvalue weighted by Gasteiger charge is 2.72. The Morgan fingerprint density at radius 1 is 0.702 bits per heavy atom. The van der Waals surface area contributed by atoms with Gasteiger partial charge in [-0.25, -0.2) is 0 Å². The van der Waals surface area contributed by atoms with E-state index in [-0.39, 0.29) is 17.5 Å². The molecule has 7 heteroatoms. The van der Waals surface area contributed by atoms with E-state index in [0.29, 0.717) is 39.0 Å². The first-order chi connectivity index (χ1) is 22.9. The second-order valence-corrected chi connectivity index (χ2v) is 13.1. The second kappa shape index (κ2) is 11.4. The van der Waals surface area contributed by atoms with Crippen molar-refractivity contribution in [3.63, 3.8) is 0 Å². The third-order valence-electron chi connectivity index (χ3n) is 9.79. The zero-order valence-corrected chi connectivity index (χ0v) is 26.6. The van der Waals surface area contributed by atoms with Gasteiger partial charge in [0.1, 0.15) is 11.5 Å². The van der Waals surface area contributed by atoms with E-state index >= 15 is 9.59 Å². The molecule has 1 amide bonds. The monoisotopic (exact) mass is 654 g/mol. The number of Topliss-reactive ketones (excluding diaryl/α,β-unsaturated/α-hetero) is 2. The zero-order chi connectivity index (χ0) is 32.3. The van der Waals surface area contributed by atoms with Crippen LogP contribution in [0.25, 0.3) is 6.08 Å². The molecule has 230 valence electrons. The summed E-state index contributed by atoms with van der Waals surface area (Å²) in [6, 6.07) is 37.1. The van der Waals surface area contributed by atoms with Gasteiger partial charge in [0.25, 0.3) is 0 Å². The van der Waals surface area contributed by atoms with Crippen molar-refractivity contribution in [1.29, 1.82) is 0 Å². The summed E-state index contributed by atoms with van der Waals surface area (Å²) in [4.78, 5) is 49.3. The van der Waals surface area contributed by atoms with Gasteiger partial charge in [0.15, 0.2) is 11.6 Å². The van der Waals surface area contributed by atoms with Gasteiger partial charge >= 0.3 is 0 Å². The van der Waals surface area contributed by atoms with Crippen molar-refractivity contribution in [2.75, 3.05) is 4.90 Å². The first-order valence-corrected chi connectivity index (χ1v) is 16.2. The first kappa shape index (κ1) is 29.4. The molecule has 8 rings (SSSR count). The van der Waals surface area contributed by atoms with Crippen LogP contribution in [0.2, 0.25) is 10.0 Å². The Morgan fingerprint density at radius 2 is 1.34 bits per heavy atom. The number of nitrogens with zero attached hydrogens (tertiary/aromatic N) is 2. The minimum Gasteiger partial charge on any atom is -0.358 e. The fraction of sp³-hybridized carbons (Fsp3) is 0.125. The normalized spacial score (nSPS) is 22.3. The van der Waals surface area contributed by atoms with Crippen molar-refractivity contribution in [3.8, 4) is 0 Å². The second-order valence-electron chi connectivity index (χ2n) is 12.2. The summed E-state index contributed by atoms with van der Waals surface area (Å²) in [5.41, 5.74) is 3.40.